The fraction of sp³-hybridized carbons (Fsp3) is 0.538. The van der Waals surface area contributed by atoms with E-state index >= 15 is 0 Å². The molecule has 0 spiro atoms. The van der Waals surface area contributed by atoms with Crippen molar-refractivity contribution in [2.24, 2.45) is 0 Å². The molecule has 1 aromatic carbocycles. The van der Waals surface area contributed by atoms with Crippen LogP contribution in [0.2, 0.25) is 0 Å². The third-order valence-corrected chi connectivity index (χ3v) is 2.99. The van der Waals surface area contributed by atoms with Gasteiger partial charge in [0.2, 0.25) is 0 Å². The van der Waals surface area contributed by atoms with E-state index in [0.717, 1.165) is 13.1 Å². The second-order valence-corrected chi connectivity index (χ2v) is 4.58. The maximum absolute atomic E-state index is 13.3. The van der Waals surface area contributed by atoms with Crippen LogP contribution in [0.25, 0.3) is 0 Å². The number of methoxy groups -OCH3 is 1. The van der Waals surface area contributed by atoms with E-state index in [9.17, 15) is 4.39 Å². The van der Waals surface area contributed by atoms with E-state index in [-0.39, 0.29) is 5.75 Å². The zero-order valence-electron chi connectivity index (χ0n) is 11.5. The minimum atomic E-state index is -0.445. The molecule has 0 heterocycles. The van der Waals surface area contributed by atoms with Gasteiger partial charge in [-0.15, -0.1) is 0 Å². The molecule has 0 radical (unpaired) electrons. The smallest absolute Gasteiger partial charge is 0.167 e. The molecule has 0 saturated heterocycles. The molecule has 4 nitrogen and oxygen atoms in total. The van der Waals surface area contributed by atoms with Gasteiger partial charge >= 0.3 is 0 Å². The van der Waals surface area contributed by atoms with Gasteiger partial charge in [-0.25, -0.2) is 4.39 Å². The van der Waals surface area contributed by atoms with E-state index < -0.39 is 5.82 Å². The number of nitrogens with one attached hydrogen (secondary N) is 1. The molecule has 0 aromatic heterocycles. The summed E-state index contributed by atoms with van der Waals surface area (Å²) in [5.74, 6) is -0.247. The molecular weight excluding hydrogens is 233 g/mol. The van der Waals surface area contributed by atoms with Crippen LogP contribution in [0.5, 0.6) is 5.75 Å². The van der Waals surface area contributed by atoms with Crippen molar-refractivity contribution in [1.29, 1.82) is 0 Å². The topological polar surface area (TPSA) is 50.5 Å². The van der Waals surface area contributed by atoms with Gasteiger partial charge in [0.15, 0.2) is 11.6 Å². The van der Waals surface area contributed by atoms with Gasteiger partial charge in [0.25, 0.3) is 0 Å². The highest BCUT2D eigenvalue weighted by Crippen LogP contribution is 2.27. The average molecular weight is 255 g/mol. The molecule has 0 aliphatic heterocycles. The van der Waals surface area contributed by atoms with Crippen molar-refractivity contribution in [2.45, 2.75) is 19.9 Å². The quantitative estimate of drug-likeness (QED) is 0.765. The summed E-state index contributed by atoms with van der Waals surface area (Å²) in [6, 6.07) is 3.35. The number of halogens is 1. The lowest BCUT2D eigenvalue weighted by atomic mass is 10.2. The molecule has 3 N–H and O–H groups in total. The highest BCUT2D eigenvalue weighted by Gasteiger charge is 2.08. The molecule has 0 unspecified atom stereocenters. The number of hydrogen-bond donors (Lipinski definition) is 2. The lowest BCUT2D eigenvalue weighted by Crippen LogP contribution is -2.31. The summed E-state index contributed by atoms with van der Waals surface area (Å²) >= 11 is 0. The van der Waals surface area contributed by atoms with E-state index in [1.54, 1.807) is 6.07 Å². The largest absolute Gasteiger partial charge is 0.494 e. The molecule has 0 amide bonds. The fourth-order valence-corrected chi connectivity index (χ4v) is 1.50. The number of nitrogens with two attached hydrogens (primary N) is 1. The first kappa shape index (κ1) is 14.6. The van der Waals surface area contributed by atoms with Crippen molar-refractivity contribution < 1.29 is 9.13 Å². The van der Waals surface area contributed by atoms with E-state index in [2.05, 4.69) is 31.1 Å². The lowest BCUT2D eigenvalue weighted by Gasteiger charge is -2.21. The second-order valence-electron chi connectivity index (χ2n) is 4.58. The minimum Gasteiger partial charge on any atom is -0.494 e. The number of nitrogens with zero attached hydrogens (tertiary/aromatic N) is 1. The van der Waals surface area contributed by atoms with Crippen LogP contribution in [-0.2, 0) is 0 Å². The number of likely N-dealkylation sites (N-methyl/N-ethyl adjacent to an activating group) is 1. The molecule has 1 rings (SSSR count). The molecule has 0 atom stereocenters. The Labute approximate surface area is 108 Å². The minimum absolute atomic E-state index is 0.198. The van der Waals surface area contributed by atoms with Crippen LogP contribution >= 0.6 is 0 Å². The van der Waals surface area contributed by atoms with Gasteiger partial charge in [-0.3, -0.25) is 0 Å². The second kappa shape index (κ2) is 6.44. The Morgan fingerprint density at radius 3 is 2.67 bits per heavy atom. The van der Waals surface area contributed by atoms with Gasteiger partial charge in [0.05, 0.1) is 18.5 Å². The van der Waals surface area contributed by atoms with Crippen molar-refractivity contribution >= 4 is 11.4 Å². The Balaban J connectivity index is 2.62. The molecule has 1 aromatic rings. The molecule has 18 heavy (non-hydrogen) atoms. The molecule has 0 bridgehead atoms. The van der Waals surface area contributed by atoms with Crippen molar-refractivity contribution in [3.05, 3.63) is 17.9 Å². The van der Waals surface area contributed by atoms with Gasteiger partial charge < -0.3 is 20.7 Å². The van der Waals surface area contributed by atoms with Crippen molar-refractivity contribution in [2.75, 3.05) is 38.3 Å². The molecule has 0 aliphatic rings. The predicted molar refractivity (Wildman–Crippen MR) is 73.6 cm³/mol. The third kappa shape index (κ3) is 3.77. The van der Waals surface area contributed by atoms with Crippen LogP contribution in [0.1, 0.15) is 13.8 Å². The molecule has 0 saturated carbocycles. The first-order valence-electron chi connectivity index (χ1n) is 6.02. The van der Waals surface area contributed by atoms with E-state index in [4.69, 9.17) is 10.5 Å². The van der Waals surface area contributed by atoms with Crippen molar-refractivity contribution in [3.8, 4) is 5.75 Å². The molecule has 0 aliphatic carbocycles. The highest BCUT2D eigenvalue weighted by molar-refractivity contribution is 5.68. The number of nitrogen functional groups attached to an aromatic ring is 1. The first-order chi connectivity index (χ1) is 8.45. The van der Waals surface area contributed by atoms with Gasteiger partial charge in [-0.05, 0) is 20.9 Å². The Kier molecular flexibility index (Phi) is 5.22. The molecule has 102 valence electrons. The van der Waals surface area contributed by atoms with E-state index in [1.807, 2.05) is 0 Å². The zero-order chi connectivity index (χ0) is 13.7. The van der Waals surface area contributed by atoms with Crippen LogP contribution in [0, 0.1) is 5.82 Å². The maximum Gasteiger partial charge on any atom is 0.167 e. The number of ether oxygens (including phenoxy) is 1. The Morgan fingerprint density at radius 2 is 2.11 bits per heavy atom. The number of rotatable bonds is 6. The van der Waals surface area contributed by atoms with Crippen LogP contribution in [0.3, 0.4) is 0 Å². The van der Waals surface area contributed by atoms with E-state index in [0.29, 0.717) is 17.4 Å². The third-order valence-electron chi connectivity index (χ3n) is 2.99. The monoisotopic (exact) mass is 255 g/mol. The maximum atomic E-state index is 13.3. The molecular formula is C13H22FN3O. The van der Waals surface area contributed by atoms with Crippen LogP contribution in [0.15, 0.2) is 12.1 Å². The number of anilines is 2. The van der Waals surface area contributed by atoms with Crippen molar-refractivity contribution in [3.63, 3.8) is 0 Å². The summed E-state index contributed by atoms with van der Waals surface area (Å²) in [4.78, 5) is 2.21. The summed E-state index contributed by atoms with van der Waals surface area (Å²) in [6.07, 6.45) is 0. The Morgan fingerprint density at radius 1 is 1.44 bits per heavy atom. The summed E-state index contributed by atoms with van der Waals surface area (Å²) in [5.41, 5.74) is 6.84. The lowest BCUT2D eigenvalue weighted by molar-refractivity contribution is 0.284. The summed E-state index contributed by atoms with van der Waals surface area (Å²) in [5, 5.41) is 3.19. The normalized spacial score (nSPS) is 11.1. The predicted octanol–water partition coefficient (Wildman–Crippen LogP) is 2.17. The highest BCUT2D eigenvalue weighted by atomic mass is 19.1. The van der Waals surface area contributed by atoms with Crippen molar-refractivity contribution in [1.82, 2.24) is 4.90 Å². The van der Waals surface area contributed by atoms with Crippen LogP contribution in [0.4, 0.5) is 15.8 Å². The van der Waals surface area contributed by atoms with E-state index in [1.165, 1.54) is 13.2 Å². The van der Waals surface area contributed by atoms with Gasteiger partial charge in [0, 0.05) is 31.3 Å². The number of hydrogen-bond acceptors (Lipinski definition) is 4. The number of benzene rings is 1. The molecule has 0 fully saturated rings. The van der Waals surface area contributed by atoms with Gasteiger partial charge in [-0.2, -0.15) is 0 Å². The summed E-state index contributed by atoms with van der Waals surface area (Å²) in [7, 11) is 3.49. The SMILES string of the molecule is COc1cc(NCCN(C)C(C)C)c(N)cc1F. The summed E-state index contributed by atoms with van der Waals surface area (Å²) in [6.45, 7) is 5.90. The standard InChI is InChI=1S/C13H22FN3O/c1-9(2)17(3)6-5-16-12-8-13(18-4)10(14)7-11(12)15/h7-9,16H,5-6,15H2,1-4H3. The fourth-order valence-electron chi connectivity index (χ4n) is 1.50. The molecule has 5 heteroatoms. The van der Waals surface area contributed by atoms with Crippen LogP contribution < -0.4 is 15.8 Å². The zero-order valence-corrected chi connectivity index (χ0v) is 11.5. The summed E-state index contributed by atoms with van der Waals surface area (Å²) < 4.78 is 18.3. The van der Waals surface area contributed by atoms with Crippen LogP contribution in [-0.4, -0.2) is 38.2 Å². The Hall–Kier alpha value is -1.49. The Bertz CT molecular complexity index is 396. The van der Waals surface area contributed by atoms with Gasteiger partial charge in [-0.1, -0.05) is 0 Å². The average Bonchev–Trinajstić information content (AvgIpc) is 2.31. The van der Waals surface area contributed by atoms with Gasteiger partial charge in [0.1, 0.15) is 0 Å². The first-order valence-corrected chi connectivity index (χ1v) is 6.02.